The summed E-state index contributed by atoms with van der Waals surface area (Å²) in [5, 5.41) is 3.79. The van der Waals surface area contributed by atoms with Crippen molar-refractivity contribution in [3.8, 4) is 11.5 Å². The van der Waals surface area contributed by atoms with E-state index in [4.69, 9.17) is 32.0 Å². The van der Waals surface area contributed by atoms with Gasteiger partial charge in [-0.2, -0.15) is 0 Å². The van der Waals surface area contributed by atoms with Crippen LogP contribution >= 0.6 is 23.2 Å². The van der Waals surface area contributed by atoms with Crippen LogP contribution in [-0.4, -0.2) is 10.9 Å². The fourth-order valence-corrected chi connectivity index (χ4v) is 2.88. The molecule has 0 bridgehead atoms. The molecule has 0 saturated carbocycles. The Hall–Kier alpha value is -3.02. The lowest BCUT2D eigenvalue weighted by Crippen LogP contribution is -2.07. The monoisotopic (exact) mass is 398 g/mol. The fraction of sp³-hybridized carbons (Fsp3) is 0. The molecule has 0 spiro atoms. The van der Waals surface area contributed by atoms with Crippen LogP contribution in [-0.2, 0) is 4.79 Å². The van der Waals surface area contributed by atoms with Gasteiger partial charge in [-0.15, -0.1) is 0 Å². The maximum atomic E-state index is 12.0. The predicted octanol–water partition coefficient (Wildman–Crippen LogP) is 6.05. The Bertz CT molecular complexity index is 1150. The van der Waals surface area contributed by atoms with Gasteiger partial charge in [-0.25, -0.2) is 4.98 Å². The lowest BCUT2D eigenvalue weighted by molar-refractivity contribution is -0.111. The topological polar surface area (TPSA) is 68.3 Å². The van der Waals surface area contributed by atoms with E-state index in [0.29, 0.717) is 44.0 Å². The number of hydrogen-bond donors (Lipinski definition) is 1. The third-order valence-electron chi connectivity index (χ3n) is 3.76. The zero-order valence-corrected chi connectivity index (χ0v) is 15.3. The van der Waals surface area contributed by atoms with Crippen molar-refractivity contribution in [2.45, 2.75) is 0 Å². The van der Waals surface area contributed by atoms with Crippen molar-refractivity contribution >= 4 is 52.0 Å². The number of rotatable bonds is 4. The third-order valence-corrected chi connectivity index (χ3v) is 4.32. The molecule has 0 aliphatic carbocycles. The van der Waals surface area contributed by atoms with Crippen molar-refractivity contribution in [2.24, 2.45) is 0 Å². The molecule has 0 unspecified atom stereocenters. The van der Waals surface area contributed by atoms with Gasteiger partial charge in [0.25, 0.3) is 0 Å². The second-order valence-corrected chi connectivity index (χ2v) is 6.51. The number of halogens is 2. The average molecular weight is 399 g/mol. The number of carbonyl (C=O) groups is 1. The van der Waals surface area contributed by atoms with Crippen molar-refractivity contribution in [3.05, 3.63) is 76.7 Å². The van der Waals surface area contributed by atoms with Gasteiger partial charge < -0.3 is 14.2 Å². The van der Waals surface area contributed by atoms with E-state index in [1.54, 1.807) is 60.9 Å². The van der Waals surface area contributed by atoms with Crippen LogP contribution < -0.4 is 5.32 Å². The molecule has 134 valence electrons. The van der Waals surface area contributed by atoms with Gasteiger partial charge in [0, 0.05) is 16.8 Å². The molecule has 0 aliphatic rings. The van der Waals surface area contributed by atoms with Gasteiger partial charge in [-0.3, -0.25) is 4.79 Å². The van der Waals surface area contributed by atoms with Crippen molar-refractivity contribution in [3.63, 3.8) is 0 Å². The van der Waals surface area contributed by atoms with Gasteiger partial charge in [0.1, 0.15) is 11.3 Å². The van der Waals surface area contributed by atoms with Crippen LogP contribution in [0.3, 0.4) is 0 Å². The summed E-state index contributed by atoms with van der Waals surface area (Å²) in [6.45, 7) is 0. The lowest BCUT2D eigenvalue weighted by atomic mass is 10.2. The number of oxazole rings is 1. The minimum absolute atomic E-state index is 0.285. The molecule has 0 saturated heterocycles. The van der Waals surface area contributed by atoms with E-state index in [2.05, 4.69) is 10.3 Å². The first-order valence-electron chi connectivity index (χ1n) is 7.97. The van der Waals surface area contributed by atoms with Crippen molar-refractivity contribution < 1.29 is 13.6 Å². The molecule has 0 atom stereocenters. The average Bonchev–Trinajstić information content (AvgIpc) is 3.31. The van der Waals surface area contributed by atoms with Crippen LogP contribution in [0.15, 0.2) is 69.7 Å². The second kappa shape index (κ2) is 7.31. The predicted molar refractivity (Wildman–Crippen MR) is 106 cm³/mol. The molecule has 2 aromatic carbocycles. The van der Waals surface area contributed by atoms with Crippen LogP contribution in [0.25, 0.3) is 28.6 Å². The summed E-state index contributed by atoms with van der Waals surface area (Å²) < 4.78 is 10.9. The molecule has 1 amide bonds. The molecule has 4 rings (SSSR count). The van der Waals surface area contributed by atoms with Gasteiger partial charge in [0.15, 0.2) is 5.58 Å². The summed E-state index contributed by atoms with van der Waals surface area (Å²) in [6, 6.07) is 13.8. The molecule has 1 N–H and O–H groups in total. The highest BCUT2D eigenvalue weighted by Gasteiger charge is 2.13. The summed E-state index contributed by atoms with van der Waals surface area (Å²) in [7, 11) is 0. The smallest absolute Gasteiger partial charge is 0.248 e. The Morgan fingerprint density at radius 1 is 1.11 bits per heavy atom. The summed E-state index contributed by atoms with van der Waals surface area (Å²) in [5.74, 6) is 0.672. The number of hydrogen-bond acceptors (Lipinski definition) is 4. The number of nitrogens with zero attached hydrogens (tertiary/aromatic N) is 1. The van der Waals surface area contributed by atoms with Gasteiger partial charge in [-0.1, -0.05) is 23.2 Å². The van der Waals surface area contributed by atoms with E-state index in [9.17, 15) is 4.79 Å². The van der Waals surface area contributed by atoms with Crippen LogP contribution in [0.4, 0.5) is 5.69 Å². The van der Waals surface area contributed by atoms with E-state index in [-0.39, 0.29) is 5.91 Å². The number of amides is 1. The van der Waals surface area contributed by atoms with Crippen molar-refractivity contribution in [2.75, 3.05) is 5.32 Å². The highest BCUT2D eigenvalue weighted by Crippen LogP contribution is 2.32. The van der Waals surface area contributed by atoms with E-state index < -0.39 is 0 Å². The Labute approximate surface area is 164 Å². The third kappa shape index (κ3) is 3.89. The minimum Gasteiger partial charge on any atom is -0.465 e. The number of nitrogens with one attached hydrogen (secondary N) is 1. The van der Waals surface area contributed by atoms with Crippen molar-refractivity contribution in [1.29, 1.82) is 0 Å². The first-order chi connectivity index (χ1) is 13.1. The summed E-state index contributed by atoms with van der Waals surface area (Å²) in [5.41, 5.74) is 2.36. The first-order valence-corrected chi connectivity index (χ1v) is 8.73. The highest BCUT2D eigenvalue weighted by molar-refractivity contribution is 6.35. The molecule has 4 aromatic rings. The molecule has 7 heteroatoms. The Morgan fingerprint density at radius 3 is 2.81 bits per heavy atom. The lowest BCUT2D eigenvalue weighted by Gasteiger charge is -2.00. The van der Waals surface area contributed by atoms with Gasteiger partial charge in [0.2, 0.25) is 11.8 Å². The quantitative estimate of drug-likeness (QED) is 0.425. The minimum atomic E-state index is -0.285. The number of carbonyl (C=O) groups excluding carboxylic acids is 1. The standard InChI is InChI=1S/C20H12Cl2N2O3/c21-12-3-6-16(22)15(10-12)20-24-17-11-13(4-7-18(17)27-20)23-19(25)8-5-14-2-1-9-26-14/h1-11H,(H,23,25)/b8-5-. The largest absolute Gasteiger partial charge is 0.465 e. The van der Waals surface area contributed by atoms with Crippen LogP contribution in [0.1, 0.15) is 5.76 Å². The Morgan fingerprint density at radius 2 is 2.00 bits per heavy atom. The molecule has 2 aromatic heterocycles. The van der Waals surface area contributed by atoms with Gasteiger partial charge in [-0.05, 0) is 54.6 Å². The van der Waals surface area contributed by atoms with Gasteiger partial charge in [0.05, 0.1) is 16.8 Å². The maximum absolute atomic E-state index is 12.0. The summed E-state index contributed by atoms with van der Waals surface area (Å²) in [6.07, 6.45) is 4.52. The number of furan rings is 1. The normalized spacial score (nSPS) is 11.3. The summed E-state index contributed by atoms with van der Waals surface area (Å²) in [4.78, 5) is 16.5. The molecule has 0 radical (unpaired) electrons. The van der Waals surface area contributed by atoms with E-state index in [0.717, 1.165) is 0 Å². The van der Waals surface area contributed by atoms with Crippen molar-refractivity contribution in [1.82, 2.24) is 4.98 Å². The highest BCUT2D eigenvalue weighted by atomic mass is 35.5. The Kier molecular flexibility index (Phi) is 4.71. The molecule has 5 nitrogen and oxygen atoms in total. The molecule has 27 heavy (non-hydrogen) atoms. The summed E-state index contributed by atoms with van der Waals surface area (Å²) >= 11 is 12.2. The molecular formula is C20H12Cl2N2O3. The molecule has 0 aliphatic heterocycles. The zero-order chi connectivity index (χ0) is 18.8. The van der Waals surface area contributed by atoms with Gasteiger partial charge >= 0.3 is 0 Å². The van der Waals surface area contributed by atoms with Crippen LogP contribution in [0.2, 0.25) is 10.0 Å². The number of fused-ring (bicyclic) bond motifs is 1. The maximum Gasteiger partial charge on any atom is 0.248 e. The fourth-order valence-electron chi connectivity index (χ4n) is 2.51. The van der Waals surface area contributed by atoms with Crippen LogP contribution in [0.5, 0.6) is 0 Å². The van der Waals surface area contributed by atoms with E-state index >= 15 is 0 Å². The number of benzene rings is 2. The SMILES string of the molecule is O=C(/C=C\c1ccco1)Nc1ccc2oc(-c3cc(Cl)ccc3Cl)nc2c1. The second-order valence-electron chi connectivity index (χ2n) is 5.66. The Balaban J connectivity index is 1.57. The molecule has 2 heterocycles. The zero-order valence-electron chi connectivity index (χ0n) is 13.8. The van der Waals surface area contributed by atoms with E-state index in [1.807, 2.05) is 0 Å². The molecule has 0 fully saturated rings. The number of anilines is 1. The van der Waals surface area contributed by atoms with Crippen LogP contribution in [0, 0.1) is 0 Å². The number of aromatic nitrogens is 1. The molecular weight excluding hydrogens is 387 g/mol. The van der Waals surface area contributed by atoms with E-state index in [1.165, 1.54) is 6.08 Å². The first kappa shape index (κ1) is 17.4.